The van der Waals surface area contributed by atoms with Crippen LogP contribution in [0, 0.1) is 11.6 Å². The molecule has 0 unspecified atom stereocenters. The molecule has 1 aromatic rings. The topological polar surface area (TPSA) is 60.4 Å². The predicted molar refractivity (Wildman–Crippen MR) is 63.4 cm³/mol. The van der Waals surface area contributed by atoms with E-state index in [0.717, 1.165) is 18.2 Å². The zero-order valence-electron chi connectivity index (χ0n) is 10.2. The Morgan fingerprint density at radius 3 is 2.53 bits per heavy atom. The molecule has 0 aliphatic carbocycles. The SMILES string of the molecule is C[C@]1(OC(=O)c2ccc(F)c(F)c2)CCS(=O)(=O)C1. The van der Waals surface area contributed by atoms with Crippen LogP contribution in [0.1, 0.15) is 23.7 Å². The summed E-state index contributed by atoms with van der Waals surface area (Å²) in [5.74, 6) is -3.38. The number of hydrogen-bond donors (Lipinski definition) is 0. The molecular formula is C12H12F2O4S. The van der Waals surface area contributed by atoms with Gasteiger partial charge in [-0.2, -0.15) is 0 Å². The molecule has 0 radical (unpaired) electrons. The van der Waals surface area contributed by atoms with Crippen LogP contribution >= 0.6 is 0 Å². The molecule has 0 amide bonds. The van der Waals surface area contributed by atoms with Crippen LogP contribution in [0.25, 0.3) is 0 Å². The number of hydrogen-bond acceptors (Lipinski definition) is 4. The summed E-state index contributed by atoms with van der Waals surface area (Å²) in [6.45, 7) is 1.51. The highest BCUT2D eigenvalue weighted by atomic mass is 32.2. The van der Waals surface area contributed by atoms with Gasteiger partial charge < -0.3 is 4.74 Å². The molecule has 7 heteroatoms. The van der Waals surface area contributed by atoms with Crippen molar-refractivity contribution in [1.82, 2.24) is 0 Å². The minimum absolute atomic E-state index is 0.0471. The summed E-state index contributed by atoms with van der Waals surface area (Å²) in [5.41, 5.74) is -1.26. The lowest BCUT2D eigenvalue weighted by molar-refractivity contribution is 0.00225. The minimum atomic E-state index is -3.21. The van der Waals surface area contributed by atoms with Gasteiger partial charge in [0.05, 0.1) is 17.1 Å². The van der Waals surface area contributed by atoms with Gasteiger partial charge in [-0.25, -0.2) is 22.0 Å². The van der Waals surface area contributed by atoms with Gasteiger partial charge in [0.2, 0.25) is 0 Å². The molecule has 1 atom stereocenters. The van der Waals surface area contributed by atoms with Gasteiger partial charge in [0.1, 0.15) is 5.60 Å². The van der Waals surface area contributed by atoms with E-state index in [1.54, 1.807) is 0 Å². The molecule has 1 heterocycles. The highest BCUT2D eigenvalue weighted by Crippen LogP contribution is 2.28. The maximum absolute atomic E-state index is 13.0. The van der Waals surface area contributed by atoms with Crippen LogP contribution in [0.4, 0.5) is 8.78 Å². The first kappa shape index (κ1) is 13.9. The Labute approximate surface area is 109 Å². The van der Waals surface area contributed by atoms with E-state index in [9.17, 15) is 22.0 Å². The lowest BCUT2D eigenvalue weighted by atomic mass is 10.1. The molecule has 1 aliphatic heterocycles. The van der Waals surface area contributed by atoms with Crippen molar-refractivity contribution in [3.63, 3.8) is 0 Å². The van der Waals surface area contributed by atoms with E-state index in [1.165, 1.54) is 6.92 Å². The van der Waals surface area contributed by atoms with Gasteiger partial charge in [-0.1, -0.05) is 0 Å². The average Bonchev–Trinajstić information content (AvgIpc) is 2.56. The lowest BCUT2D eigenvalue weighted by Crippen LogP contribution is -2.33. The van der Waals surface area contributed by atoms with Gasteiger partial charge in [-0.3, -0.25) is 0 Å². The van der Waals surface area contributed by atoms with Crippen LogP contribution in [-0.4, -0.2) is 31.5 Å². The normalized spacial score (nSPS) is 25.2. The number of rotatable bonds is 2. The third-order valence-corrected chi connectivity index (χ3v) is 4.84. The van der Waals surface area contributed by atoms with E-state index in [1.807, 2.05) is 0 Å². The molecule has 0 N–H and O–H groups in total. The number of sulfone groups is 1. The number of ether oxygens (including phenoxy) is 1. The quantitative estimate of drug-likeness (QED) is 0.778. The Bertz CT molecular complexity index is 627. The van der Waals surface area contributed by atoms with Gasteiger partial charge in [-0.05, 0) is 25.1 Å². The summed E-state index contributed by atoms with van der Waals surface area (Å²) < 4.78 is 53.6. The van der Waals surface area contributed by atoms with Gasteiger partial charge >= 0.3 is 5.97 Å². The van der Waals surface area contributed by atoms with Crippen molar-refractivity contribution in [3.8, 4) is 0 Å². The summed E-state index contributed by atoms with van der Waals surface area (Å²) in [4.78, 5) is 11.8. The fourth-order valence-corrected chi connectivity index (χ4v) is 3.99. The van der Waals surface area contributed by atoms with Crippen molar-refractivity contribution >= 4 is 15.8 Å². The maximum Gasteiger partial charge on any atom is 0.338 e. The molecule has 2 rings (SSSR count). The largest absolute Gasteiger partial charge is 0.455 e. The van der Waals surface area contributed by atoms with Crippen LogP contribution in [-0.2, 0) is 14.6 Å². The minimum Gasteiger partial charge on any atom is -0.455 e. The monoisotopic (exact) mass is 290 g/mol. The van der Waals surface area contributed by atoms with Crippen LogP contribution < -0.4 is 0 Å². The maximum atomic E-state index is 13.0. The second kappa shape index (κ2) is 4.56. The first-order valence-electron chi connectivity index (χ1n) is 5.60. The zero-order valence-corrected chi connectivity index (χ0v) is 11.0. The molecule has 1 aromatic carbocycles. The second-order valence-electron chi connectivity index (χ2n) is 4.81. The number of carbonyl (C=O) groups is 1. The summed E-state index contributed by atoms with van der Waals surface area (Å²) >= 11 is 0. The highest BCUT2D eigenvalue weighted by molar-refractivity contribution is 7.91. The molecule has 1 saturated heterocycles. The summed E-state index contributed by atoms with van der Waals surface area (Å²) in [5, 5.41) is 0. The molecule has 1 fully saturated rings. The van der Waals surface area contributed by atoms with Gasteiger partial charge in [0.15, 0.2) is 21.5 Å². The Kier molecular flexibility index (Phi) is 3.34. The summed E-state index contributed by atoms with van der Waals surface area (Å²) in [7, 11) is -3.21. The molecule has 0 saturated carbocycles. The smallest absolute Gasteiger partial charge is 0.338 e. The van der Waals surface area contributed by atoms with E-state index < -0.39 is 33.0 Å². The predicted octanol–water partition coefficient (Wildman–Crippen LogP) is 1.70. The zero-order chi connectivity index (χ0) is 14.3. The van der Waals surface area contributed by atoms with Gasteiger partial charge in [0.25, 0.3) is 0 Å². The van der Waals surface area contributed by atoms with E-state index in [2.05, 4.69) is 0 Å². The Balaban J connectivity index is 2.15. The van der Waals surface area contributed by atoms with Crippen LogP contribution in [0.2, 0.25) is 0 Å². The Hall–Kier alpha value is -1.50. The van der Waals surface area contributed by atoms with Crippen LogP contribution in [0.3, 0.4) is 0 Å². The molecule has 0 spiro atoms. The average molecular weight is 290 g/mol. The van der Waals surface area contributed by atoms with Crippen molar-refractivity contribution < 1.29 is 26.7 Å². The number of halogens is 2. The third-order valence-electron chi connectivity index (χ3n) is 2.96. The molecule has 0 bridgehead atoms. The summed E-state index contributed by atoms with van der Waals surface area (Å²) in [6.07, 6.45) is 0.199. The number of carbonyl (C=O) groups excluding carboxylic acids is 1. The molecule has 0 aromatic heterocycles. The Morgan fingerprint density at radius 1 is 1.32 bits per heavy atom. The number of esters is 1. The van der Waals surface area contributed by atoms with E-state index >= 15 is 0 Å². The molecular weight excluding hydrogens is 278 g/mol. The lowest BCUT2D eigenvalue weighted by Gasteiger charge is -2.22. The standard InChI is InChI=1S/C12H12F2O4S/c1-12(4-5-19(16,17)7-12)18-11(15)8-2-3-9(13)10(14)6-8/h2-3,6H,4-5,7H2,1H3/t12-/m0/s1. The van der Waals surface area contributed by atoms with Crippen LogP contribution in [0.5, 0.6) is 0 Å². The van der Waals surface area contributed by atoms with Crippen molar-refractivity contribution in [2.45, 2.75) is 18.9 Å². The summed E-state index contributed by atoms with van der Waals surface area (Å²) in [6, 6.07) is 2.64. The molecule has 4 nitrogen and oxygen atoms in total. The van der Waals surface area contributed by atoms with Gasteiger partial charge in [0, 0.05) is 6.42 Å². The van der Waals surface area contributed by atoms with E-state index in [4.69, 9.17) is 4.74 Å². The number of benzene rings is 1. The van der Waals surface area contributed by atoms with Crippen molar-refractivity contribution in [1.29, 1.82) is 0 Å². The first-order chi connectivity index (χ1) is 8.71. The van der Waals surface area contributed by atoms with E-state index in [-0.39, 0.29) is 23.5 Å². The molecule has 1 aliphatic rings. The molecule has 104 valence electrons. The molecule has 19 heavy (non-hydrogen) atoms. The fourth-order valence-electron chi connectivity index (χ4n) is 1.97. The fraction of sp³-hybridized carbons (Fsp3) is 0.417. The highest BCUT2D eigenvalue weighted by Gasteiger charge is 2.41. The third kappa shape index (κ3) is 3.09. The second-order valence-corrected chi connectivity index (χ2v) is 6.99. The Morgan fingerprint density at radius 2 is 2.00 bits per heavy atom. The van der Waals surface area contributed by atoms with E-state index in [0.29, 0.717) is 0 Å². The van der Waals surface area contributed by atoms with Crippen molar-refractivity contribution in [2.75, 3.05) is 11.5 Å². The van der Waals surface area contributed by atoms with Crippen molar-refractivity contribution in [3.05, 3.63) is 35.4 Å². The first-order valence-corrected chi connectivity index (χ1v) is 7.42. The van der Waals surface area contributed by atoms with Gasteiger partial charge in [-0.15, -0.1) is 0 Å². The van der Waals surface area contributed by atoms with Crippen molar-refractivity contribution in [2.24, 2.45) is 0 Å². The van der Waals surface area contributed by atoms with Crippen LogP contribution in [0.15, 0.2) is 18.2 Å².